The SMILES string of the molecule is CCNC(=NCc1nc(C(F)(F)F)cs1)NCC(Nc1ccccc1)C(C)C.I. The van der Waals surface area contributed by atoms with Crippen LogP contribution in [-0.2, 0) is 12.7 Å². The van der Waals surface area contributed by atoms with Crippen molar-refractivity contribution in [1.29, 1.82) is 0 Å². The second kappa shape index (κ2) is 12.2. The van der Waals surface area contributed by atoms with E-state index in [-0.39, 0.29) is 36.6 Å². The van der Waals surface area contributed by atoms with Crippen LogP contribution in [0.4, 0.5) is 18.9 Å². The van der Waals surface area contributed by atoms with Gasteiger partial charge < -0.3 is 16.0 Å². The number of aliphatic imine (C=N–C) groups is 1. The predicted molar refractivity (Wildman–Crippen MR) is 124 cm³/mol. The van der Waals surface area contributed by atoms with Gasteiger partial charge in [0.25, 0.3) is 0 Å². The molecule has 29 heavy (non-hydrogen) atoms. The van der Waals surface area contributed by atoms with Crippen LogP contribution in [0.2, 0.25) is 0 Å². The zero-order chi connectivity index (χ0) is 20.6. The Bertz CT molecular complexity index is 750. The molecule has 2 rings (SSSR count). The molecule has 0 saturated heterocycles. The van der Waals surface area contributed by atoms with Gasteiger partial charge >= 0.3 is 6.18 Å². The van der Waals surface area contributed by atoms with E-state index in [1.54, 1.807) is 0 Å². The Morgan fingerprint density at radius 3 is 2.41 bits per heavy atom. The van der Waals surface area contributed by atoms with E-state index >= 15 is 0 Å². The fourth-order valence-corrected chi connectivity index (χ4v) is 3.13. The lowest BCUT2D eigenvalue weighted by Gasteiger charge is -2.25. The van der Waals surface area contributed by atoms with Crippen LogP contribution in [0.5, 0.6) is 0 Å². The van der Waals surface area contributed by atoms with E-state index in [1.807, 2.05) is 37.3 Å². The van der Waals surface area contributed by atoms with E-state index < -0.39 is 11.9 Å². The minimum atomic E-state index is -4.42. The van der Waals surface area contributed by atoms with Gasteiger partial charge in [-0.05, 0) is 25.0 Å². The topological polar surface area (TPSA) is 61.3 Å². The fourth-order valence-electron chi connectivity index (χ4n) is 2.41. The summed E-state index contributed by atoms with van der Waals surface area (Å²) < 4.78 is 38.0. The van der Waals surface area contributed by atoms with Gasteiger partial charge in [-0.25, -0.2) is 9.98 Å². The van der Waals surface area contributed by atoms with Crippen molar-refractivity contribution in [2.75, 3.05) is 18.4 Å². The number of halogens is 4. The van der Waals surface area contributed by atoms with Crippen LogP contribution in [0, 0.1) is 5.92 Å². The van der Waals surface area contributed by atoms with Gasteiger partial charge in [-0.15, -0.1) is 35.3 Å². The molecule has 0 fully saturated rings. The number of nitrogens with zero attached hydrogens (tertiary/aromatic N) is 2. The molecule has 2 aromatic rings. The van der Waals surface area contributed by atoms with Crippen molar-refractivity contribution in [2.24, 2.45) is 10.9 Å². The lowest BCUT2D eigenvalue weighted by molar-refractivity contribution is -0.140. The lowest BCUT2D eigenvalue weighted by Crippen LogP contribution is -2.44. The number of hydrogen-bond acceptors (Lipinski definition) is 4. The van der Waals surface area contributed by atoms with Crippen LogP contribution in [0.1, 0.15) is 31.5 Å². The van der Waals surface area contributed by atoms with Crippen LogP contribution >= 0.6 is 35.3 Å². The molecule has 0 bridgehead atoms. The Kier molecular flexibility index (Phi) is 10.7. The number of rotatable bonds is 8. The minimum Gasteiger partial charge on any atom is -0.380 e. The summed E-state index contributed by atoms with van der Waals surface area (Å²) in [5.74, 6) is 0.913. The highest BCUT2D eigenvalue weighted by Gasteiger charge is 2.33. The molecule has 1 atom stereocenters. The van der Waals surface area contributed by atoms with Gasteiger partial charge in [0, 0.05) is 30.2 Å². The predicted octanol–water partition coefficient (Wildman–Crippen LogP) is 4.97. The third-order valence-corrected chi connectivity index (χ3v) is 4.81. The highest BCUT2D eigenvalue weighted by molar-refractivity contribution is 14.0. The van der Waals surface area contributed by atoms with Crippen molar-refractivity contribution in [3.05, 3.63) is 46.4 Å². The molecule has 1 unspecified atom stereocenters. The van der Waals surface area contributed by atoms with Crippen LogP contribution in [0.25, 0.3) is 0 Å². The Hall–Kier alpha value is -1.56. The molecule has 162 valence electrons. The van der Waals surface area contributed by atoms with Crippen molar-refractivity contribution in [1.82, 2.24) is 15.6 Å². The Morgan fingerprint density at radius 1 is 1.17 bits per heavy atom. The zero-order valence-corrected chi connectivity index (χ0v) is 19.7. The van der Waals surface area contributed by atoms with Gasteiger partial charge in [0.15, 0.2) is 11.7 Å². The molecule has 3 N–H and O–H groups in total. The number of alkyl halides is 3. The summed E-state index contributed by atoms with van der Waals surface area (Å²) in [5.41, 5.74) is 0.167. The number of hydrogen-bond donors (Lipinski definition) is 3. The first-order valence-corrected chi connectivity index (χ1v) is 10.0. The molecule has 1 heterocycles. The second-order valence-corrected chi connectivity index (χ2v) is 7.50. The summed E-state index contributed by atoms with van der Waals surface area (Å²) in [5, 5.41) is 11.2. The average Bonchev–Trinajstić information content (AvgIpc) is 3.13. The lowest BCUT2D eigenvalue weighted by atomic mass is 10.0. The van der Waals surface area contributed by atoms with Crippen molar-refractivity contribution in [3.8, 4) is 0 Å². The number of nitrogens with one attached hydrogen (secondary N) is 3. The van der Waals surface area contributed by atoms with Crippen LogP contribution in [0.3, 0.4) is 0 Å². The number of benzene rings is 1. The van der Waals surface area contributed by atoms with Crippen LogP contribution in [0.15, 0.2) is 40.7 Å². The molecule has 10 heteroatoms. The van der Waals surface area contributed by atoms with Crippen LogP contribution < -0.4 is 16.0 Å². The van der Waals surface area contributed by atoms with E-state index in [2.05, 4.69) is 39.8 Å². The van der Waals surface area contributed by atoms with Crippen molar-refractivity contribution < 1.29 is 13.2 Å². The van der Waals surface area contributed by atoms with Crippen molar-refractivity contribution >= 4 is 47.0 Å². The molecule has 0 saturated carbocycles. The number of aromatic nitrogens is 1. The smallest absolute Gasteiger partial charge is 0.380 e. The highest BCUT2D eigenvalue weighted by Crippen LogP contribution is 2.30. The van der Waals surface area contributed by atoms with Gasteiger partial charge in [0.05, 0.1) is 6.54 Å². The highest BCUT2D eigenvalue weighted by atomic mass is 127. The summed E-state index contributed by atoms with van der Waals surface area (Å²) in [4.78, 5) is 7.98. The maximum Gasteiger partial charge on any atom is 0.434 e. The molecule has 1 aromatic carbocycles. The first-order chi connectivity index (χ1) is 13.3. The normalized spacial score (nSPS) is 13.0. The number of thiazole rings is 1. The standard InChI is InChI=1S/C19H26F3N5S.HI/c1-4-23-18(25-11-17-27-16(12-28-17)19(20,21)22)24-10-15(13(2)3)26-14-8-6-5-7-9-14;/h5-9,12-13,15,26H,4,10-11H2,1-3H3,(H2,23,24,25);1H. The molecular weight excluding hydrogens is 514 g/mol. The van der Waals surface area contributed by atoms with Gasteiger partial charge in [0.2, 0.25) is 0 Å². The first kappa shape index (κ1) is 25.5. The average molecular weight is 541 g/mol. The minimum absolute atomic E-state index is 0. The van der Waals surface area contributed by atoms with Crippen LogP contribution in [-0.4, -0.2) is 30.1 Å². The Balaban J connectivity index is 0.00000420. The monoisotopic (exact) mass is 541 g/mol. The van der Waals surface area contributed by atoms with E-state index in [0.29, 0.717) is 30.0 Å². The molecule has 0 aliphatic rings. The van der Waals surface area contributed by atoms with Gasteiger partial charge in [-0.2, -0.15) is 13.2 Å². The molecule has 0 radical (unpaired) electrons. The van der Waals surface area contributed by atoms with Gasteiger partial charge in [-0.3, -0.25) is 0 Å². The zero-order valence-electron chi connectivity index (χ0n) is 16.6. The molecule has 1 aromatic heterocycles. The summed E-state index contributed by atoms with van der Waals surface area (Å²) in [6, 6.07) is 10.1. The Labute approximate surface area is 190 Å². The Morgan fingerprint density at radius 2 is 1.86 bits per heavy atom. The summed E-state index contributed by atoms with van der Waals surface area (Å²) in [7, 11) is 0. The molecular formula is C19H27F3IN5S. The molecule has 0 amide bonds. The summed E-state index contributed by atoms with van der Waals surface area (Å²) in [6.07, 6.45) is -4.42. The molecule has 0 aliphatic heterocycles. The summed E-state index contributed by atoms with van der Waals surface area (Å²) >= 11 is 0.961. The fraction of sp³-hybridized carbons (Fsp3) is 0.474. The largest absolute Gasteiger partial charge is 0.434 e. The third kappa shape index (κ3) is 8.77. The maximum absolute atomic E-state index is 12.7. The second-order valence-electron chi connectivity index (χ2n) is 6.56. The van der Waals surface area contributed by atoms with Gasteiger partial charge in [-0.1, -0.05) is 32.0 Å². The van der Waals surface area contributed by atoms with E-state index in [4.69, 9.17) is 0 Å². The van der Waals surface area contributed by atoms with E-state index in [0.717, 1.165) is 22.4 Å². The quantitative estimate of drug-likeness (QED) is 0.251. The van der Waals surface area contributed by atoms with Crippen molar-refractivity contribution in [2.45, 2.75) is 39.5 Å². The first-order valence-electron chi connectivity index (χ1n) is 9.15. The number of anilines is 1. The number of guanidine groups is 1. The van der Waals surface area contributed by atoms with Crippen molar-refractivity contribution in [3.63, 3.8) is 0 Å². The van der Waals surface area contributed by atoms with Gasteiger partial charge in [0.1, 0.15) is 5.01 Å². The maximum atomic E-state index is 12.7. The molecule has 0 spiro atoms. The summed E-state index contributed by atoms with van der Waals surface area (Å²) in [6.45, 7) is 7.54. The van der Waals surface area contributed by atoms with E-state index in [1.165, 1.54) is 0 Å². The molecule has 0 aliphatic carbocycles. The van der Waals surface area contributed by atoms with E-state index in [9.17, 15) is 13.2 Å². The third-order valence-electron chi connectivity index (χ3n) is 3.98. The molecule has 5 nitrogen and oxygen atoms in total. The number of para-hydroxylation sites is 1.